The van der Waals surface area contributed by atoms with E-state index in [-0.39, 0.29) is 5.91 Å². The van der Waals surface area contributed by atoms with E-state index >= 15 is 0 Å². The van der Waals surface area contributed by atoms with E-state index in [1.165, 1.54) is 0 Å². The number of nitrogens with one attached hydrogen (secondary N) is 2. The van der Waals surface area contributed by atoms with Gasteiger partial charge in [-0.2, -0.15) is 5.26 Å². The highest BCUT2D eigenvalue weighted by Gasteiger charge is 2.08. The lowest BCUT2D eigenvalue weighted by Gasteiger charge is -2.08. The standard InChI is InChI=1S/C20H17N5O/c1-13-6-7-16(10-14(13)2)20(26)23-19-9-8-18(24-25-19)22-17-5-3-4-15(11-17)12-21/h3-11H,1-2H3,(H,22,24)(H,23,25,26). The highest BCUT2D eigenvalue weighted by atomic mass is 16.1. The number of aryl methyl sites for hydroxylation is 2. The quantitative estimate of drug-likeness (QED) is 0.748. The van der Waals surface area contributed by atoms with Crippen molar-refractivity contribution in [2.75, 3.05) is 10.6 Å². The molecule has 0 fully saturated rings. The van der Waals surface area contributed by atoms with Gasteiger partial charge in [0.1, 0.15) is 0 Å². The number of hydrogen-bond acceptors (Lipinski definition) is 5. The van der Waals surface area contributed by atoms with Gasteiger partial charge in [-0.3, -0.25) is 4.79 Å². The first-order chi connectivity index (χ1) is 12.5. The Morgan fingerprint density at radius 3 is 2.42 bits per heavy atom. The summed E-state index contributed by atoms with van der Waals surface area (Å²) in [6.07, 6.45) is 0. The Morgan fingerprint density at radius 2 is 1.73 bits per heavy atom. The Kier molecular flexibility index (Phi) is 4.90. The van der Waals surface area contributed by atoms with Gasteiger partial charge in [-0.1, -0.05) is 12.1 Å². The summed E-state index contributed by atoms with van der Waals surface area (Å²) in [5, 5.41) is 22.8. The van der Waals surface area contributed by atoms with Crippen molar-refractivity contribution in [2.24, 2.45) is 0 Å². The maximum atomic E-state index is 12.3. The van der Waals surface area contributed by atoms with Crippen molar-refractivity contribution in [3.8, 4) is 6.07 Å². The summed E-state index contributed by atoms with van der Waals surface area (Å²) in [7, 11) is 0. The molecule has 3 rings (SSSR count). The van der Waals surface area contributed by atoms with Crippen molar-refractivity contribution in [1.29, 1.82) is 5.26 Å². The minimum Gasteiger partial charge on any atom is -0.339 e. The van der Waals surface area contributed by atoms with Crippen molar-refractivity contribution < 1.29 is 4.79 Å². The Morgan fingerprint density at radius 1 is 0.962 bits per heavy atom. The summed E-state index contributed by atoms with van der Waals surface area (Å²) in [6, 6.07) is 18.1. The van der Waals surface area contributed by atoms with Crippen LogP contribution in [0.25, 0.3) is 0 Å². The number of benzene rings is 2. The molecule has 0 bridgehead atoms. The number of anilines is 3. The molecule has 0 aliphatic carbocycles. The van der Waals surface area contributed by atoms with E-state index in [9.17, 15) is 4.79 Å². The van der Waals surface area contributed by atoms with Crippen LogP contribution in [0.1, 0.15) is 27.0 Å². The van der Waals surface area contributed by atoms with E-state index in [1.807, 2.05) is 32.0 Å². The number of carbonyl (C=O) groups is 1. The number of rotatable bonds is 4. The number of hydrogen-bond donors (Lipinski definition) is 2. The van der Waals surface area contributed by atoms with Crippen LogP contribution in [0.5, 0.6) is 0 Å². The molecule has 1 heterocycles. The molecule has 0 saturated heterocycles. The van der Waals surface area contributed by atoms with E-state index in [1.54, 1.807) is 36.4 Å². The van der Waals surface area contributed by atoms with Crippen molar-refractivity contribution in [3.05, 3.63) is 76.9 Å². The topological polar surface area (TPSA) is 90.7 Å². The van der Waals surface area contributed by atoms with Gasteiger partial charge in [0, 0.05) is 11.3 Å². The van der Waals surface area contributed by atoms with Gasteiger partial charge in [-0.05, 0) is 67.4 Å². The molecule has 6 heteroatoms. The molecule has 0 unspecified atom stereocenters. The van der Waals surface area contributed by atoms with Crippen molar-refractivity contribution >= 4 is 23.2 Å². The second-order valence-electron chi connectivity index (χ2n) is 5.87. The average Bonchev–Trinajstić information content (AvgIpc) is 2.65. The van der Waals surface area contributed by atoms with Crippen LogP contribution >= 0.6 is 0 Å². The minimum absolute atomic E-state index is 0.232. The molecule has 1 aromatic heterocycles. The van der Waals surface area contributed by atoms with Crippen molar-refractivity contribution in [1.82, 2.24) is 10.2 Å². The summed E-state index contributed by atoms with van der Waals surface area (Å²) in [6.45, 7) is 3.97. The lowest BCUT2D eigenvalue weighted by atomic mass is 10.1. The van der Waals surface area contributed by atoms with Gasteiger partial charge in [0.15, 0.2) is 11.6 Å². The molecule has 3 aromatic rings. The highest BCUT2D eigenvalue weighted by molar-refractivity contribution is 6.03. The zero-order chi connectivity index (χ0) is 18.5. The molecule has 0 spiro atoms. The summed E-state index contributed by atoms with van der Waals surface area (Å²) in [5.74, 6) is 0.652. The molecule has 0 aliphatic heterocycles. The predicted molar refractivity (Wildman–Crippen MR) is 100 cm³/mol. The fourth-order valence-electron chi connectivity index (χ4n) is 2.35. The Balaban J connectivity index is 1.68. The molecular weight excluding hydrogens is 326 g/mol. The van der Waals surface area contributed by atoms with Crippen LogP contribution in [0.4, 0.5) is 17.3 Å². The highest BCUT2D eigenvalue weighted by Crippen LogP contribution is 2.17. The number of nitrogens with zero attached hydrogens (tertiary/aromatic N) is 3. The SMILES string of the molecule is Cc1ccc(C(=O)Nc2ccc(Nc3cccc(C#N)c3)nn2)cc1C. The number of nitriles is 1. The van der Waals surface area contributed by atoms with Crippen LogP contribution in [0.15, 0.2) is 54.6 Å². The van der Waals surface area contributed by atoms with E-state index in [2.05, 4.69) is 26.9 Å². The van der Waals surface area contributed by atoms with Crippen LogP contribution in [-0.4, -0.2) is 16.1 Å². The van der Waals surface area contributed by atoms with Gasteiger partial charge in [0.25, 0.3) is 5.91 Å². The van der Waals surface area contributed by atoms with Crippen LogP contribution in [0, 0.1) is 25.2 Å². The van der Waals surface area contributed by atoms with Crippen LogP contribution in [0.2, 0.25) is 0 Å². The molecule has 0 radical (unpaired) electrons. The largest absolute Gasteiger partial charge is 0.339 e. The fraction of sp³-hybridized carbons (Fsp3) is 0.100. The van der Waals surface area contributed by atoms with Crippen molar-refractivity contribution in [3.63, 3.8) is 0 Å². The zero-order valence-corrected chi connectivity index (χ0v) is 14.4. The Labute approximate surface area is 151 Å². The average molecular weight is 343 g/mol. The van der Waals surface area contributed by atoms with Crippen LogP contribution in [-0.2, 0) is 0 Å². The third-order valence-corrected chi connectivity index (χ3v) is 3.94. The first kappa shape index (κ1) is 17.1. The molecule has 1 amide bonds. The fourth-order valence-corrected chi connectivity index (χ4v) is 2.35. The van der Waals surface area contributed by atoms with E-state index in [0.29, 0.717) is 22.8 Å². The molecule has 26 heavy (non-hydrogen) atoms. The summed E-state index contributed by atoms with van der Waals surface area (Å²) >= 11 is 0. The maximum absolute atomic E-state index is 12.3. The lowest BCUT2D eigenvalue weighted by Crippen LogP contribution is -2.13. The van der Waals surface area contributed by atoms with E-state index < -0.39 is 0 Å². The normalized spacial score (nSPS) is 10.0. The number of aromatic nitrogens is 2. The molecule has 6 nitrogen and oxygen atoms in total. The summed E-state index contributed by atoms with van der Waals surface area (Å²) in [5.41, 5.74) is 4.07. The molecule has 2 aromatic carbocycles. The van der Waals surface area contributed by atoms with Gasteiger partial charge in [0.05, 0.1) is 11.6 Å². The van der Waals surface area contributed by atoms with Crippen LogP contribution in [0.3, 0.4) is 0 Å². The smallest absolute Gasteiger partial charge is 0.256 e. The third-order valence-electron chi connectivity index (χ3n) is 3.94. The molecular formula is C20H17N5O. The molecule has 128 valence electrons. The number of carbonyl (C=O) groups excluding carboxylic acids is 1. The molecule has 0 aliphatic rings. The van der Waals surface area contributed by atoms with Gasteiger partial charge in [-0.25, -0.2) is 0 Å². The van der Waals surface area contributed by atoms with E-state index in [4.69, 9.17) is 5.26 Å². The van der Waals surface area contributed by atoms with E-state index in [0.717, 1.165) is 16.8 Å². The third kappa shape index (κ3) is 4.02. The van der Waals surface area contributed by atoms with Crippen LogP contribution < -0.4 is 10.6 Å². The van der Waals surface area contributed by atoms with Gasteiger partial charge in [0.2, 0.25) is 0 Å². The Hall–Kier alpha value is -3.72. The predicted octanol–water partition coefficient (Wildman–Crippen LogP) is 3.96. The summed E-state index contributed by atoms with van der Waals surface area (Å²) < 4.78 is 0. The maximum Gasteiger partial charge on any atom is 0.256 e. The molecule has 0 atom stereocenters. The number of amides is 1. The van der Waals surface area contributed by atoms with Gasteiger partial charge < -0.3 is 10.6 Å². The monoisotopic (exact) mass is 343 g/mol. The first-order valence-electron chi connectivity index (χ1n) is 8.05. The molecule has 0 saturated carbocycles. The van der Waals surface area contributed by atoms with Gasteiger partial charge >= 0.3 is 0 Å². The first-order valence-corrected chi connectivity index (χ1v) is 8.05. The van der Waals surface area contributed by atoms with Gasteiger partial charge in [-0.15, -0.1) is 10.2 Å². The summed E-state index contributed by atoms with van der Waals surface area (Å²) in [4.78, 5) is 12.3. The second-order valence-corrected chi connectivity index (χ2v) is 5.87. The van der Waals surface area contributed by atoms with Crippen molar-refractivity contribution in [2.45, 2.75) is 13.8 Å². The Bertz CT molecular complexity index is 990. The second kappa shape index (κ2) is 7.45. The lowest BCUT2D eigenvalue weighted by molar-refractivity contribution is 0.102. The minimum atomic E-state index is -0.232. The molecule has 2 N–H and O–H groups in total. The zero-order valence-electron chi connectivity index (χ0n) is 14.4.